The summed E-state index contributed by atoms with van der Waals surface area (Å²) in [4.78, 5) is 0. The second-order valence-electron chi connectivity index (χ2n) is 5.66. The van der Waals surface area contributed by atoms with Crippen LogP contribution in [0.3, 0.4) is 0 Å². The fourth-order valence-electron chi connectivity index (χ4n) is 4.94. The zero-order chi connectivity index (χ0) is 10.7. The van der Waals surface area contributed by atoms with Crippen molar-refractivity contribution < 1.29 is 0 Å². The van der Waals surface area contributed by atoms with Crippen molar-refractivity contribution in [2.45, 2.75) is 32.6 Å². The van der Waals surface area contributed by atoms with Gasteiger partial charge in [-0.2, -0.15) is 0 Å². The summed E-state index contributed by atoms with van der Waals surface area (Å²) in [5, 5.41) is 0. The molecule has 0 aliphatic heterocycles. The first-order valence-corrected chi connectivity index (χ1v) is 5.94. The molecule has 4 atom stereocenters. The first kappa shape index (κ1) is 9.45. The third-order valence-electron chi connectivity index (χ3n) is 5.79. The molecule has 0 amide bonds. The van der Waals surface area contributed by atoms with E-state index in [4.69, 9.17) is 6.58 Å². The molecule has 4 rings (SSSR count). The normalized spacial score (nSPS) is 55.7. The molecule has 0 aromatic carbocycles. The van der Waals surface area contributed by atoms with Crippen LogP contribution in [0.5, 0.6) is 0 Å². The van der Waals surface area contributed by atoms with Gasteiger partial charge in [0, 0.05) is 16.7 Å². The van der Waals surface area contributed by atoms with Crippen LogP contribution in [0, 0.1) is 34.8 Å². The molecule has 3 fully saturated rings. The maximum absolute atomic E-state index is 5.74. The Labute approximate surface area is 92.8 Å². The van der Waals surface area contributed by atoms with Crippen LogP contribution in [0.15, 0.2) is 24.8 Å². The van der Waals surface area contributed by atoms with Crippen molar-refractivity contribution >= 4 is 0 Å². The molecule has 0 unspecified atom stereocenters. The Bertz CT molecular complexity index is 364. The molecule has 2 radical (unpaired) electrons. The lowest BCUT2D eigenvalue weighted by atomic mass is 9.34. The summed E-state index contributed by atoms with van der Waals surface area (Å²) in [6.45, 7) is 12.2. The van der Waals surface area contributed by atoms with E-state index in [0.29, 0.717) is 16.7 Å². The average Bonchev–Trinajstić information content (AvgIpc) is 2.72. The third kappa shape index (κ3) is 0.660. The third-order valence-corrected chi connectivity index (χ3v) is 5.79. The van der Waals surface area contributed by atoms with E-state index in [1.807, 2.05) is 0 Å². The monoisotopic (exact) mass is 198 g/mol. The van der Waals surface area contributed by atoms with E-state index in [2.05, 4.69) is 37.8 Å². The SMILES string of the molecule is [CH]=[C][C@H]1[C@@]23C=CCC[C@@]2(C)[C@]1(C=C)CC3. The van der Waals surface area contributed by atoms with E-state index in [0.717, 1.165) is 0 Å². The minimum absolute atomic E-state index is 0.243. The highest BCUT2D eigenvalue weighted by atomic mass is 14.8. The molecule has 0 aromatic heterocycles. The maximum Gasteiger partial charge on any atom is 0.00343 e. The van der Waals surface area contributed by atoms with E-state index in [9.17, 15) is 0 Å². The zero-order valence-electron chi connectivity index (χ0n) is 9.42. The summed E-state index contributed by atoms with van der Waals surface area (Å²) < 4.78 is 0. The van der Waals surface area contributed by atoms with Crippen LogP contribution in [-0.4, -0.2) is 0 Å². The predicted molar refractivity (Wildman–Crippen MR) is 61.8 cm³/mol. The van der Waals surface area contributed by atoms with Gasteiger partial charge in [-0.25, -0.2) is 0 Å². The number of hydrogen-bond donors (Lipinski definition) is 0. The van der Waals surface area contributed by atoms with E-state index in [-0.39, 0.29) is 5.41 Å². The lowest BCUT2D eigenvalue weighted by Crippen LogP contribution is -2.64. The van der Waals surface area contributed by atoms with Gasteiger partial charge in [-0.3, -0.25) is 0 Å². The molecule has 0 N–H and O–H groups in total. The summed E-state index contributed by atoms with van der Waals surface area (Å²) >= 11 is 0. The van der Waals surface area contributed by atoms with Crippen molar-refractivity contribution in [2.75, 3.05) is 0 Å². The summed E-state index contributed by atoms with van der Waals surface area (Å²) in [6, 6.07) is 0. The summed E-state index contributed by atoms with van der Waals surface area (Å²) in [5.41, 5.74) is 0.953. The average molecular weight is 198 g/mol. The Morgan fingerprint density at radius 2 is 2.27 bits per heavy atom. The molecule has 0 saturated heterocycles. The lowest BCUT2D eigenvalue weighted by Gasteiger charge is -2.68. The van der Waals surface area contributed by atoms with Gasteiger partial charge >= 0.3 is 0 Å². The molecule has 0 nitrogen and oxygen atoms in total. The topological polar surface area (TPSA) is 0 Å². The largest absolute Gasteiger partial charge is 0.102 e. The quantitative estimate of drug-likeness (QED) is 0.593. The second kappa shape index (κ2) is 2.48. The van der Waals surface area contributed by atoms with Gasteiger partial charge in [-0.1, -0.05) is 31.7 Å². The van der Waals surface area contributed by atoms with Gasteiger partial charge in [0.1, 0.15) is 0 Å². The lowest BCUT2D eigenvalue weighted by molar-refractivity contribution is -0.150. The first-order chi connectivity index (χ1) is 7.17. The van der Waals surface area contributed by atoms with Gasteiger partial charge < -0.3 is 0 Å². The first-order valence-electron chi connectivity index (χ1n) is 5.94. The van der Waals surface area contributed by atoms with Crippen LogP contribution in [0.25, 0.3) is 0 Å². The van der Waals surface area contributed by atoms with Crippen LogP contribution in [-0.2, 0) is 0 Å². The number of fused-ring (bicyclic) bond motifs is 1. The molecular formula is C15H18. The van der Waals surface area contributed by atoms with E-state index in [1.54, 1.807) is 0 Å². The van der Waals surface area contributed by atoms with Crippen molar-refractivity contribution in [2.24, 2.45) is 22.2 Å². The minimum atomic E-state index is 0.243. The molecule has 4 aliphatic carbocycles. The fourth-order valence-corrected chi connectivity index (χ4v) is 4.94. The highest BCUT2D eigenvalue weighted by molar-refractivity contribution is 5.39. The molecule has 2 bridgehead atoms. The van der Waals surface area contributed by atoms with Crippen molar-refractivity contribution in [1.82, 2.24) is 0 Å². The van der Waals surface area contributed by atoms with Crippen molar-refractivity contribution in [3.8, 4) is 0 Å². The Balaban J connectivity index is 2.19. The molecule has 78 valence electrons. The van der Waals surface area contributed by atoms with Crippen LogP contribution in [0.4, 0.5) is 0 Å². The number of allylic oxidation sites excluding steroid dienone is 4. The standard InChI is InChI=1S/C15H18/c1-4-12-14(5-2)10-11-15(12)9-7-6-8-13(14,15)3/h1,5,7,9,12H,2,6,8,10-11H2,3H3/t12-,13+,14-,15+/m1/s1. The molecule has 4 aliphatic rings. The number of hydrogen-bond acceptors (Lipinski definition) is 0. The molecule has 0 aromatic rings. The second-order valence-corrected chi connectivity index (χ2v) is 5.66. The number of rotatable bonds is 2. The molecule has 3 saturated carbocycles. The van der Waals surface area contributed by atoms with Gasteiger partial charge in [-0.05, 0) is 37.2 Å². The fraction of sp³-hybridized carbons (Fsp3) is 0.600. The van der Waals surface area contributed by atoms with E-state index in [1.165, 1.54) is 25.7 Å². The van der Waals surface area contributed by atoms with Gasteiger partial charge in [-0.15, -0.1) is 6.58 Å². The Morgan fingerprint density at radius 3 is 2.93 bits per heavy atom. The van der Waals surface area contributed by atoms with Crippen LogP contribution >= 0.6 is 0 Å². The Kier molecular flexibility index (Phi) is 1.56. The van der Waals surface area contributed by atoms with Crippen molar-refractivity contribution in [3.63, 3.8) is 0 Å². The highest BCUT2D eigenvalue weighted by Crippen LogP contribution is 2.84. The van der Waals surface area contributed by atoms with Crippen LogP contribution in [0.2, 0.25) is 0 Å². The van der Waals surface area contributed by atoms with Gasteiger partial charge in [0.25, 0.3) is 0 Å². The molecule has 0 heterocycles. The molecule has 0 heteroatoms. The smallest absolute Gasteiger partial charge is 0.00343 e. The minimum Gasteiger partial charge on any atom is -0.102 e. The van der Waals surface area contributed by atoms with E-state index < -0.39 is 0 Å². The van der Waals surface area contributed by atoms with Gasteiger partial charge in [0.05, 0.1) is 0 Å². The maximum atomic E-state index is 5.74. The molecular weight excluding hydrogens is 180 g/mol. The predicted octanol–water partition coefficient (Wildman–Crippen LogP) is 3.72. The van der Waals surface area contributed by atoms with Crippen molar-refractivity contribution in [3.05, 3.63) is 37.5 Å². The van der Waals surface area contributed by atoms with E-state index >= 15 is 0 Å². The van der Waals surface area contributed by atoms with Crippen molar-refractivity contribution in [1.29, 1.82) is 0 Å². The summed E-state index contributed by atoms with van der Waals surface area (Å²) in [7, 11) is 0. The summed E-state index contributed by atoms with van der Waals surface area (Å²) in [5.74, 6) is 0.407. The Hall–Kier alpha value is -0.780. The zero-order valence-corrected chi connectivity index (χ0v) is 9.42. The molecule has 1 spiro atoms. The van der Waals surface area contributed by atoms with Crippen LogP contribution < -0.4 is 0 Å². The Morgan fingerprint density at radius 1 is 1.47 bits per heavy atom. The van der Waals surface area contributed by atoms with Crippen LogP contribution in [0.1, 0.15) is 32.6 Å². The molecule has 15 heavy (non-hydrogen) atoms. The highest BCUT2D eigenvalue weighted by Gasteiger charge is 2.78. The summed E-state index contributed by atoms with van der Waals surface area (Å²) in [6.07, 6.45) is 15.0. The van der Waals surface area contributed by atoms with Gasteiger partial charge in [0.15, 0.2) is 0 Å². The van der Waals surface area contributed by atoms with Gasteiger partial charge in [0.2, 0.25) is 0 Å².